The van der Waals surface area contributed by atoms with E-state index in [0.717, 1.165) is 5.69 Å². The topological polar surface area (TPSA) is 93.6 Å². The summed E-state index contributed by atoms with van der Waals surface area (Å²) < 4.78 is 11.4. The normalized spacial score (nSPS) is 20.1. The average molecular weight is 343 g/mol. The van der Waals surface area contributed by atoms with E-state index < -0.39 is 0 Å². The van der Waals surface area contributed by atoms with E-state index in [2.05, 4.69) is 15.3 Å². The van der Waals surface area contributed by atoms with E-state index in [9.17, 15) is 9.90 Å². The van der Waals surface area contributed by atoms with Crippen LogP contribution in [0.15, 0.2) is 36.7 Å². The molecule has 1 fully saturated rings. The van der Waals surface area contributed by atoms with Crippen LogP contribution < -0.4 is 10.1 Å². The monoisotopic (exact) mass is 343 g/mol. The Labute approximate surface area is 146 Å². The maximum absolute atomic E-state index is 12.5. The average Bonchev–Trinajstić information content (AvgIpc) is 2.65. The Morgan fingerprint density at radius 2 is 2.28 bits per heavy atom. The van der Waals surface area contributed by atoms with Crippen molar-refractivity contribution in [1.29, 1.82) is 0 Å². The van der Waals surface area contributed by atoms with Crippen molar-refractivity contribution in [2.75, 3.05) is 13.2 Å². The molecule has 1 amide bonds. The predicted molar refractivity (Wildman–Crippen MR) is 90.2 cm³/mol. The summed E-state index contributed by atoms with van der Waals surface area (Å²) in [6, 6.07) is 6.77. The van der Waals surface area contributed by atoms with Gasteiger partial charge in [-0.1, -0.05) is 0 Å². The number of carbonyl (C=O) groups is 1. The van der Waals surface area contributed by atoms with Crippen LogP contribution >= 0.6 is 0 Å². The molecule has 0 radical (unpaired) electrons. The number of pyridine rings is 2. The first-order chi connectivity index (χ1) is 12.2. The zero-order valence-electron chi connectivity index (χ0n) is 14.0. The quantitative estimate of drug-likeness (QED) is 0.848. The van der Waals surface area contributed by atoms with Crippen LogP contribution in [0, 0.1) is 6.92 Å². The molecule has 1 aliphatic rings. The molecule has 1 aliphatic heterocycles. The maximum atomic E-state index is 12.5. The van der Waals surface area contributed by atoms with Gasteiger partial charge in [0.15, 0.2) is 0 Å². The number of hydrogen-bond acceptors (Lipinski definition) is 6. The number of ether oxygens (including phenoxy) is 2. The van der Waals surface area contributed by atoms with E-state index in [1.54, 1.807) is 18.3 Å². The number of carbonyl (C=O) groups excluding carboxylic acids is 1. The second-order valence-corrected chi connectivity index (χ2v) is 5.94. The molecule has 0 bridgehead atoms. The van der Waals surface area contributed by atoms with Crippen molar-refractivity contribution in [2.24, 2.45) is 0 Å². The molecule has 132 valence electrons. The minimum absolute atomic E-state index is 0.133. The third-order valence-electron chi connectivity index (χ3n) is 4.03. The molecule has 2 aromatic rings. The van der Waals surface area contributed by atoms with Gasteiger partial charge >= 0.3 is 0 Å². The van der Waals surface area contributed by atoms with Crippen molar-refractivity contribution in [3.8, 4) is 5.75 Å². The Morgan fingerprint density at radius 1 is 1.40 bits per heavy atom. The lowest BCUT2D eigenvalue weighted by atomic mass is 10.1. The van der Waals surface area contributed by atoms with Gasteiger partial charge in [-0.3, -0.25) is 14.8 Å². The van der Waals surface area contributed by atoms with Crippen LogP contribution in [0.5, 0.6) is 5.75 Å². The first-order valence-corrected chi connectivity index (χ1v) is 8.19. The van der Waals surface area contributed by atoms with Crippen LogP contribution in [0.2, 0.25) is 0 Å². The van der Waals surface area contributed by atoms with Crippen molar-refractivity contribution >= 4 is 5.91 Å². The van der Waals surface area contributed by atoms with Crippen LogP contribution in [0.1, 0.15) is 28.2 Å². The Kier molecular flexibility index (Phi) is 5.57. The molecule has 7 heteroatoms. The summed E-state index contributed by atoms with van der Waals surface area (Å²) in [5, 5.41) is 12.1. The molecule has 0 aromatic carbocycles. The lowest BCUT2D eigenvalue weighted by Crippen LogP contribution is -2.51. The van der Waals surface area contributed by atoms with E-state index in [0.29, 0.717) is 30.9 Å². The molecule has 2 aromatic heterocycles. The highest BCUT2D eigenvalue weighted by Crippen LogP contribution is 2.17. The highest BCUT2D eigenvalue weighted by atomic mass is 16.5. The zero-order chi connectivity index (χ0) is 17.6. The van der Waals surface area contributed by atoms with E-state index in [4.69, 9.17) is 9.47 Å². The van der Waals surface area contributed by atoms with E-state index in [1.165, 1.54) is 6.20 Å². The van der Waals surface area contributed by atoms with Gasteiger partial charge in [0.25, 0.3) is 5.91 Å². The van der Waals surface area contributed by atoms with Gasteiger partial charge in [-0.2, -0.15) is 0 Å². The van der Waals surface area contributed by atoms with E-state index in [1.807, 2.05) is 19.1 Å². The van der Waals surface area contributed by atoms with Crippen LogP contribution in [0.4, 0.5) is 0 Å². The molecule has 2 atom stereocenters. The lowest BCUT2D eigenvalue weighted by molar-refractivity contribution is -0.0137. The Balaban J connectivity index is 1.67. The first-order valence-electron chi connectivity index (χ1n) is 8.19. The highest BCUT2D eigenvalue weighted by molar-refractivity contribution is 5.92. The summed E-state index contributed by atoms with van der Waals surface area (Å²) in [4.78, 5) is 20.7. The fraction of sp³-hybridized carbons (Fsp3) is 0.389. The zero-order valence-corrected chi connectivity index (χ0v) is 14.0. The molecule has 25 heavy (non-hydrogen) atoms. The summed E-state index contributed by atoms with van der Waals surface area (Å²) in [5.41, 5.74) is 1.83. The van der Waals surface area contributed by atoms with Gasteiger partial charge in [0, 0.05) is 18.5 Å². The van der Waals surface area contributed by atoms with Crippen molar-refractivity contribution in [1.82, 2.24) is 15.3 Å². The second kappa shape index (κ2) is 8.04. The number of aromatic nitrogens is 2. The van der Waals surface area contributed by atoms with Crippen LogP contribution in [0.25, 0.3) is 0 Å². The van der Waals surface area contributed by atoms with Gasteiger partial charge in [0.2, 0.25) is 0 Å². The summed E-state index contributed by atoms with van der Waals surface area (Å²) in [5.74, 6) is 0.346. The largest absolute Gasteiger partial charge is 0.484 e. The molecule has 0 saturated carbocycles. The van der Waals surface area contributed by atoms with Gasteiger partial charge in [0.05, 0.1) is 25.5 Å². The molecule has 1 saturated heterocycles. The maximum Gasteiger partial charge on any atom is 0.270 e. The molecular formula is C18H21N3O4. The Morgan fingerprint density at radius 3 is 3.04 bits per heavy atom. The lowest BCUT2D eigenvalue weighted by Gasteiger charge is -2.32. The number of hydrogen-bond donors (Lipinski definition) is 2. The van der Waals surface area contributed by atoms with Gasteiger partial charge < -0.3 is 19.9 Å². The first kappa shape index (κ1) is 17.3. The summed E-state index contributed by atoms with van der Waals surface area (Å²) in [6.07, 6.45) is 3.52. The number of nitrogens with zero attached hydrogens (tertiary/aromatic N) is 2. The number of rotatable bonds is 5. The smallest absolute Gasteiger partial charge is 0.270 e. The van der Waals surface area contributed by atoms with Gasteiger partial charge in [0.1, 0.15) is 17.5 Å². The number of amides is 1. The number of aliphatic hydroxyl groups is 1. The van der Waals surface area contributed by atoms with Crippen LogP contribution in [-0.4, -0.2) is 46.3 Å². The van der Waals surface area contributed by atoms with E-state index >= 15 is 0 Å². The van der Waals surface area contributed by atoms with Crippen LogP contribution in [-0.2, 0) is 11.3 Å². The molecule has 2 N–H and O–H groups in total. The number of nitrogens with one attached hydrogen (secondary N) is 1. The molecule has 0 aliphatic carbocycles. The predicted octanol–water partition coefficient (Wildman–Crippen LogP) is 1.24. The fourth-order valence-corrected chi connectivity index (χ4v) is 2.63. The molecule has 7 nitrogen and oxygen atoms in total. The summed E-state index contributed by atoms with van der Waals surface area (Å²) in [7, 11) is 0. The van der Waals surface area contributed by atoms with Crippen molar-refractivity contribution < 1.29 is 19.4 Å². The Hall–Kier alpha value is -2.51. The summed E-state index contributed by atoms with van der Waals surface area (Å²) >= 11 is 0. The Bertz CT molecular complexity index is 721. The van der Waals surface area contributed by atoms with E-state index in [-0.39, 0.29) is 30.4 Å². The second-order valence-electron chi connectivity index (χ2n) is 5.94. The van der Waals surface area contributed by atoms with Crippen molar-refractivity contribution in [3.63, 3.8) is 0 Å². The molecule has 0 spiro atoms. The highest BCUT2D eigenvalue weighted by Gasteiger charge is 2.29. The van der Waals surface area contributed by atoms with Gasteiger partial charge in [-0.15, -0.1) is 0 Å². The molecular weight excluding hydrogens is 322 g/mol. The number of aliphatic hydroxyl groups excluding tert-OH is 1. The third kappa shape index (κ3) is 4.52. The van der Waals surface area contributed by atoms with Gasteiger partial charge in [-0.25, -0.2) is 0 Å². The standard InChI is InChI=1S/C18H21N3O4/c1-12-2-3-14(9-20-12)25-17-11-24-7-5-15(17)21-18(23)16-8-13(10-22)4-6-19-16/h2-4,6,8-9,15,17,22H,5,7,10-11H2,1H3,(H,21,23)/t15-,17+/m1/s1. The minimum atomic E-state index is -0.303. The van der Waals surface area contributed by atoms with Crippen molar-refractivity contribution in [3.05, 3.63) is 53.6 Å². The molecule has 0 unspecified atom stereocenters. The SMILES string of the molecule is Cc1ccc(O[C@H]2COCC[C@H]2NC(=O)c2cc(CO)ccn2)cn1. The van der Waals surface area contributed by atoms with Crippen molar-refractivity contribution in [2.45, 2.75) is 32.1 Å². The van der Waals surface area contributed by atoms with Gasteiger partial charge in [-0.05, 0) is 43.2 Å². The fourth-order valence-electron chi connectivity index (χ4n) is 2.63. The molecule has 3 rings (SSSR count). The minimum Gasteiger partial charge on any atom is -0.484 e. The summed E-state index contributed by atoms with van der Waals surface area (Å²) in [6.45, 7) is 2.72. The van der Waals surface area contributed by atoms with Crippen LogP contribution in [0.3, 0.4) is 0 Å². The third-order valence-corrected chi connectivity index (χ3v) is 4.03. The number of aryl methyl sites for hydroxylation is 1. The molecule has 3 heterocycles.